The van der Waals surface area contributed by atoms with Crippen LogP contribution in [0.3, 0.4) is 0 Å². The molecule has 2 nitrogen and oxygen atoms in total. The van der Waals surface area contributed by atoms with Crippen molar-refractivity contribution in [3.63, 3.8) is 0 Å². The third-order valence-corrected chi connectivity index (χ3v) is 3.94. The Balaban J connectivity index is 2.17. The van der Waals surface area contributed by atoms with Crippen LogP contribution in [-0.4, -0.2) is 12.6 Å². The van der Waals surface area contributed by atoms with Gasteiger partial charge in [0.25, 0.3) is 0 Å². The van der Waals surface area contributed by atoms with Gasteiger partial charge in [-0.1, -0.05) is 76.3 Å². The number of hydrogen-bond acceptors (Lipinski definition) is 2. The van der Waals surface area contributed by atoms with Crippen LogP contribution in [0.5, 0.6) is 0 Å². The molecule has 0 aliphatic carbocycles. The largest absolute Gasteiger partial charge is 0.466 e. The predicted octanol–water partition coefficient (Wildman–Crippen LogP) is 5.47. The second kappa shape index (κ2) is 11.4. The number of unbranched alkanes of at least 4 members (excludes halogenated alkanes) is 5. The Hall–Kier alpha value is -1.31. The molecule has 1 rings (SSSR count). The molecular formula is C19H30O2. The molecule has 0 saturated carbocycles. The van der Waals surface area contributed by atoms with Gasteiger partial charge < -0.3 is 4.74 Å². The van der Waals surface area contributed by atoms with Crippen LogP contribution < -0.4 is 0 Å². The van der Waals surface area contributed by atoms with E-state index >= 15 is 0 Å². The molecular weight excluding hydrogens is 260 g/mol. The molecule has 1 atom stereocenters. The molecule has 0 N–H and O–H groups in total. The van der Waals surface area contributed by atoms with E-state index in [0.717, 1.165) is 12.8 Å². The van der Waals surface area contributed by atoms with Gasteiger partial charge in [-0.25, -0.2) is 0 Å². The Morgan fingerprint density at radius 2 is 1.67 bits per heavy atom. The molecule has 21 heavy (non-hydrogen) atoms. The number of ether oxygens (including phenoxy) is 1. The molecule has 2 heteroatoms. The van der Waals surface area contributed by atoms with Gasteiger partial charge in [-0.15, -0.1) is 0 Å². The Bertz CT molecular complexity index is 372. The van der Waals surface area contributed by atoms with Crippen LogP contribution in [-0.2, 0) is 9.53 Å². The van der Waals surface area contributed by atoms with E-state index in [-0.39, 0.29) is 11.9 Å². The zero-order valence-electron chi connectivity index (χ0n) is 13.6. The summed E-state index contributed by atoms with van der Waals surface area (Å²) < 4.78 is 5.36. The molecule has 0 aliphatic rings. The molecule has 0 aliphatic heterocycles. The SMILES string of the molecule is CCCCCCCCOC(=O)CC(CC)c1ccccc1. The molecule has 1 aromatic rings. The lowest BCUT2D eigenvalue weighted by molar-refractivity contribution is -0.144. The summed E-state index contributed by atoms with van der Waals surface area (Å²) in [4.78, 5) is 11.9. The van der Waals surface area contributed by atoms with Gasteiger partial charge >= 0.3 is 5.97 Å². The molecule has 0 radical (unpaired) electrons. The van der Waals surface area contributed by atoms with Crippen molar-refractivity contribution in [1.29, 1.82) is 0 Å². The van der Waals surface area contributed by atoms with E-state index in [1.807, 2.05) is 18.2 Å². The minimum absolute atomic E-state index is 0.0562. The standard InChI is InChI=1S/C19H30O2/c1-3-5-6-7-8-12-15-21-19(20)16-17(4-2)18-13-10-9-11-14-18/h9-11,13-14,17H,3-8,12,15-16H2,1-2H3. The van der Waals surface area contributed by atoms with Crippen molar-refractivity contribution < 1.29 is 9.53 Å². The highest BCUT2D eigenvalue weighted by Gasteiger charge is 2.14. The zero-order chi connectivity index (χ0) is 15.3. The number of hydrogen-bond donors (Lipinski definition) is 0. The van der Waals surface area contributed by atoms with Gasteiger partial charge in [0.2, 0.25) is 0 Å². The van der Waals surface area contributed by atoms with E-state index in [2.05, 4.69) is 26.0 Å². The summed E-state index contributed by atoms with van der Waals surface area (Å²) in [7, 11) is 0. The van der Waals surface area contributed by atoms with Gasteiger partial charge in [0, 0.05) is 0 Å². The molecule has 1 unspecified atom stereocenters. The van der Waals surface area contributed by atoms with Gasteiger partial charge in [-0.05, 0) is 24.3 Å². The summed E-state index contributed by atoms with van der Waals surface area (Å²) in [6.07, 6.45) is 8.78. The van der Waals surface area contributed by atoms with E-state index in [9.17, 15) is 4.79 Å². The number of esters is 1. The molecule has 118 valence electrons. The van der Waals surface area contributed by atoms with Crippen LogP contribution in [0.4, 0.5) is 0 Å². The van der Waals surface area contributed by atoms with Crippen LogP contribution in [0, 0.1) is 0 Å². The molecule has 0 fully saturated rings. The lowest BCUT2D eigenvalue weighted by atomic mass is 9.93. The zero-order valence-corrected chi connectivity index (χ0v) is 13.6. The highest BCUT2D eigenvalue weighted by Crippen LogP contribution is 2.23. The van der Waals surface area contributed by atoms with Gasteiger partial charge in [-0.2, -0.15) is 0 Å². The van der Waals surface area contributed by atoms with Gasteiger partial charge in [0.15, 0.2) is 0 Å². The average molecular weight is 290 g/mol. The van der Waals surface area contributed by atoms with E-state index in [1.165, 1.54) is 37.7 Å². The lowest BCUT2D eigenvalue weighted by Gasteiger charge is -2.14. The maximum Gasteiger partial charge on any atom is 0.306 e. The number of rotatable bonds is 11. The van der Waals surface area contributed by atoms with Crippen LogP contribution in [0.25, 0.3) is 0 Å². The van der Waals surface area contributed by atoms with Crippen LogP contribution >= 0.6 is 0 Å². The fourth-order valence-corrected chi connectivity index (χ4v) is 2.55. The summed E-state index contributed by atoms with van der Waals surface area (Å²) in [6, 6.07) is 10.2. The normalized spacial score (nSPS) is 12.1. The molecule has 1 aromatic carbocycles. The Morgan fingerprint density at radius 1 is 1.00 bits per heavy atom. The fraction of sp³-hybridized carbons (Fsp3) is 0.632. The second-order valence-corrected chi connectivity index (χ2v) is 5.71. The van der Waals surface area contributed by atoms with Crippen molar-refractivity contribution >= 4 is 5.97 Å². The summed E-state index contributed by atoms with van der Waals surface area (Å²) in [5.41, 5.74) is 1.23. The Kier molecular flexibility index (Phi) is 9.60. The second-order valence-electron chi connectivity index (χ2n) is 5.71. The molecule has 0 saturated heterocycles. The van der Waals surface area contributed by atoms with Crippen LogP contribution in [0.1, 0.15) is 76.7 Å². The van der Waals surface area contributed by atoms with E-state index in [0.29, 0.717) is 13.0 Å². The predicted molar refractivity (Wildman–Crippen MR) is 88.4 cm³/mol. The average Bonchev–Trinajstić information content (AvgIpc) is 2.52. The first-order chi connectivity index (χ1) is 10.3. The van der Waals surface area contributed by atoms with Gasteiger partial charge in [0.1, 0.15) is 0 Å². The van der Waals surface area contributed by atoms with Crippen molar-refractivity contribution in [2.45, 2.75) is 71.1 Å². The molecule has 0 spiro atoms. The first kappa shape index (κ1) is 17.7. The van der Waals surface area contributed by atoms with Gasteiger partial charge in [-0.3, -0.25) is 4.79 Å². The smallest absolute Gasteiger partial charge is 0.306 e. The summed E-state index contributed by atoms with van der Waals surface area (Å²) in [5, 5.41) is 0. The Labute approximate surface area is 129 Å². The topological polar surface area (TPSA) is 26.3 Å². The van der Waals surface area contributed by atoms with Crippen molar-refractivity contribution in [3.8, 4) is 0 Å². The van der Waals surface area contributed by atoms with Gasteiger partial charge in [0.05, 0.1) is 13.0 Å². The van der Waals surface area contributed by atoms with Crippen LogP contribution in [0.2, 0.25) is 0 Å². The molecule has 0 amide bonds. The Morgan fingerprint density at radius 3 is 2.33 bits per heavy atom. The van der Waals surface area contributed by atoms with Crippen LogP contribution in [0.15, 0.2) is 30.3 Å². The highest BCUT2D eigenvalue weighted by atomic mass is 16.5. The fourth-order valence-electron chi connectivity index (χ4n) is 2.55. The quantitative estimate of drug-likeness (QED) is 0.399. The molecule has 0 bridgehead atoms. The van der Waals surface area contributed by atoms with E-state index in [1.54, 1.807) is 0 Å². The summed E-state index contributed by atoms with van der Waals surface area (Å²) in [5.74, 6) is 0.225. The molecule has 0 heterocycles. The number of carbonyl (C=O) groups excluding carboxylic acids is 1. The summed E-state index contributed by atoms with van der Waals surface area (Å²) >= 11 is 0. The first-order valence-electron chi connectivity index (χ1n) is 8.48. The maximum atomic E-state index is 11.9. The summed E-state index contributed by atoms with van der Waals surface area (Å²) in [6.45, 7) is 4.92. The number of benzene rings is 1. The minimum Gasteiger partial charge on any atom is -0.466 e. The van der Waals surface area contributed by atoms with Crippen molar-refractivity contribution in [1.82, 2.24) is 0 Å². The third-order valence-electron chi connectivity index (χ3n) is 3.94. The third kappa shape index (κ3) is 7.89. The lowest BCUT2D eigenvalue weighted by Crippen LogP contribution is -2.11. The maximum absolute atomic E-state index is 11.9. The number of carbonyl (C=O) groups is 1. The van der Waals surface area contributed by atoms with E-state index < -0.39 is 0 Å². The minimum atomic E-state index is -0.0562. The van der Waals surface area contributed by atoms with E-state index in [4.69, 9.17) is 4.74 Å². The monoisotopic (exact) mass is 290 g/mol. The van der Waals surface area contributed by atoms with Crippen molar-refractivity contribution in [3.05, 3.63) is 35.9 Å². The highest BCUT2D eigenvalue weighted by molar-refractivity contribution is 5.70. The van der Waals surface area contributed by atoms with Crippen molar-refractivity contribution in [2.24, 2.45) is 0 Å². The van der Waals surface area contributed by atoms with Crippen molar-refractivity contribution in [2.75, 3.05) is 6.61 Å². The molecule has 0 aromatic heterocycles. The first-order valence-corrected chi connectivity index (χ1v) is 8.48.